The molecule has 4 nitrogen and oxygen atoms in total. The minimum Gasteiger partial charge on any atom is -0.457 e. The van der Waals surface area contributed by atoms with Crippen molar-refractivity contribution in [3.05, 3.63) is 120 Å². The van der Waals surface area contributed by atoms with Crippen molar-refractivity contribution in [1.29, 1.82) is 0 Å². The van der Waals surface area contributed by atoms with Gasteiger partial charge in [-0.05, 0) is 73.0 Å². The van der Waals surface area contributed by atoms with Gasteiger partial charge in [-0.1, -0.05) is 60.7 Å². The molecule has 0 radical (unpaired) electrons. The Kier molecular flexibility index (Phi) is 6.52. The lowest BCUT2D eigenvalue weighted by atomic mass is 10.0. The molecule has 4 rings (SSSR count). The molecule has 0 aliphatic rings. The SMILES string of the molecule is Cc1ccc(C)c(NC(=O)[C@@H](Nc2ccc(Oc3ccccc3)cc2)c2ccccc2)c1. The monoisotopic (exact) mass is 422 g/mol. The van der Waals surface area contributed by atoms with Crippen molar-refractivity contribution in [2.45, 2.75) is 19.9 Å². The molecule has 0 saturated heterocycles. The van der Waals surface area contributed by atoms with Crippen LogP contribution >= 0.6 is 0 Å². The molecule has 160 valence electrons. The van der Waals surface area contributed by atoms with E-state index in [4.69, 9.17) is 4.74 Å². The van der Waals surface area contributed by atoms with Gasteiger partial charge in [-0.15, -0.1) is 0 Å². The minimum absolute atomic E-state index is 0.116. The average molecular weight is 423 g/mol. The Morgan fingerprint density at radius 3 is 2.06 bits per heavy atom. The third-order valence-electron chi connectivity index (χ3n) is 5.19. The van der Waals surface area contributed by atoms with Crippen molar-refractivity contribution in [1.82, 2.24) is 0 Å². The lowest BCUT2D eigenvalue weighted by Crippen LogP contribution is -2.27. The lowest BCUT2D eigenvalue weighted by molar-refractivity contribution is -0.117. The highest BCUT2D eigenvalue weighted by atomic mass is 16.5. The van der Waals surface area contributed by atoms with Crippen molar-refractivity contribution in [3.8, 4) is 11.5 Å². The molecule has 32 heavy (non-hydrogen) atoms. The summed E-state index contributed by atoms with van der Waals surface area (Å²) in [5.41, 5.74) is 4.67. The number of ether oxygens (including phenoxy) is 1. The van der Waals surface area contributed by atoms with Gasteiger partial charge in [0.15, 0.2) is 0 Å². The highest BCUT2D eigenvalue weighted by molar-refractivity contribution is 5.98. The van der Waals surface area contributed by atoms with E-state index in [0.29, 0.717) is 0 Å². The number of aryl methyl sites for hydroxylation is 2. The molecule has 0 aromatic heterocycles. The van der Waals surface area contributed by atoms with Crippen molar-refractivity contribution in [3.63, 3.8) is 0 Å². The number of hydrogen-bond donors (Lipinski definition) is 2. The number of carbonyl (C=O) groups excluding carboxylic acids is 1. The van der Waals surface area contributed by atoms with E-state index >= 15 is 0 Å². The molecule has 0 aliphatic carbocycles. The number of hydrogen-bond acceptors (Lipinski definition) is 3. The summed E-state index contributed by atoms with van der Waals surface area (Å²) in [7, 11) is 0. The Balaban J connectivity index is 1.53. The van der Waals surface area contributed by atoms with E-state index in [9.17, 15) is 4.79 Å². The largest absolute Gasteiger partial charge is 0.457 e. The van der Waals surface area contributed by atoms with Gasteiger partial charge in [-0.3, -0.25) is 4.79 Å². The Labute approximate surface area is 188 Å². The van der Waals surface area contributed by atoms with Crippen LogP contribution in [0.4, 0.5) is 11.4 Å². The number of benzene rings is 4. The second kappa shape index (κ2) is 9.84. The Bertz CT molecular complexity index is 1170. The summed E-state index contributed by atoms with van der Waals surface area (Å²) in [4.78, 5) is 13.3. The number of rotatable bonds is 7. The number of para-hydroxylation sites is 1. The highest BCUT2D eigenvalue weighted by Crippen LogP contribution is 2.26. The van der Waals surface area contributed by atoms with Crippen LogP contribution in [0.5, 0.6) is 11.5 Å². The quantitative estimate of drug-likeness (QED) is 0.341. The predicted molar refractivity (Wildman–Crippen MR) is 130 cm³/mol. The molecule has 1 atom stereocenters. The van der Waals surface area contributed by atoms with E-state index in [0.717, 1.165) is 39.6 Å². The molecule has 4 aromatic carbocycles. The fraction of sp³-hybridized carbons (Fsp3) is 0.107. The van der Waals surface area contributed by atoms with Crippen molar-refractivity contribution >= 4 is 17.3 Å². The molecule has 1 amide bonds. The lowest BCUT2D eigenvalue weighted by Gasteiger charge is -2.21. The minimum atomic E-state index is -0.544. The summed E-state index contributed by atoms with van der Waals surface area (Å²) >= 11 is 0. The van der Waals surface area contributed by atoms with Crippen molar-refractivity contribution in [2.24, 2.45) is 0 Å². The van der Waals surface area contributed by atoms with Crippen LogP contribution < -0.4 is 15.4 Å². The second-order valence-electron chi connectivity index (χ2n) is 7.74. The van der Waals surface area contributed by atoms with E-state index < -0.39 is 6.04 Å². The van der Waals surface area contributed by atoms with Crippen molar-refractivity contribution in [2.75, 3.05) is 10.6 Å². The first kappa shape index (κ1) is 21.2. The van der Waals surface area contributed by atoms with Gasteiger partial charge in [0.2, 0.25) is 0 Å². The third-order valence-corrected chi connectivity index (χ3v) is 5.19. The van der Waals surface area contributed by atoms with Crippen molar-refractivity contribution < 1.29 is 9.53 Å². The zero-order chi connectivity index (χ0) is 22.3. The van der Waals surface area contributed by atoms with E-state index in [1.807, 2.05) is 117 Å². The Morgan fingerprint density at radius 2 is 1.38 bits per heavy atom. The molecule has 0 unspecified atom stereocenters. The molecular formula is C28H26N2O2. The zero-order valence-electron chi connectivity index (χ0n) is 18.2. The summed E-state index contributed by atoms with van der Waals surface area (Å²) in [6, 6.07) is 32.5. The summed E-state index contributed by atoms with van der Waals surface area (Å²) in [6.45, 7) is 4.01. The van der Waals surface area contributed by atoms with Gasteiger partial charge in [0.1, 0.15) is 17.5 Å². The first-order chi connectivity index (χ1) is 15.6. The average Bonchev–Trinajstić information content (AvgIpc) is 2.82. The fourth-order valence-corrected chi connectivity index (χ4v) is 3.43. The molecule has 4 aromatic rings. The normalized spacial score (nSPS) is 11.4. The van der Waals surface area contributed by atoms with Gasteiger partial charge < -0.3 is 15.4 Å². The smallest absolute Gasteiger partial charge is 0.251 e. The maximum atomic E-state index is 13.3. The maximum absolute atomic E-state index is 13.3. The summed E-state index contributed by atoms with van der Waals surface area (Å²) in [5, 5.41) is 6.46. The molecule has 2 N–H and O–H groups in total. The molecule has 0 heterocycles. The van der Waals surface area contributed by atoms with Crippen LogP contribution in [0.15, 0.2) is 103 Å². The van der Waals surface area contributed by atoms with E-state index in [1.165, 1.54) is 0 Å². The Morgan fingerprint density at radius 1 is 0.750 bits per heavy atom. The standard InChI is InChI=1S/C28H26N2O2/c1-20-13-14-21(2)26(19-20)30-28(31)27(22-9-5-3-6-10-22)29-23-15-17-25(18-16-23)32-24-11-7-4-8-12-24/h3-19,27,29H,1-2H3,(H,30,31)/t27-/m0/s1. The molecule has 0 fully saturated rings. The first-order valence-corrected chi connectivity index (χ1v) is 10.6. The van der Waals surface area contributed by atoms with Crippen LogP contribution in [0.3, 0.4) is 0 Å². The van der Waals surface area contributed by atoms with Gasteiger partial charge in [0, 0.05) is 11.4 Å². The molecular weight excluding hydrogens is 396 g/mol. The number of carbonyl (C=O) groups is 1. The predicted octanol–water partition coefficient (Wildman–Crippen LogP) is 6.89. The van der Waals surface area contributed by atoms with Gasteiger partial charge in [-0.2, -0.15) is 0 Å². The maximum Gasteiger partial charge on any atom is 0.251 e. The van der Waals surface area contributed by atoms with E-state index in [1.54, 1.807) is 0 Å². The van der Waals surface area contributed by atoms with Gasteiger partial charge in [0.05, 0.1) is 0 Å². The summed E-state index contributed by atoms with van der Waals surface area (Å²) in [5.74, 6) is 1.40. The highest BCUT2D eigenvalue weighted by Gasteiger charge is 2.21. The van der Waals surface area contributed by atoms with Crippen LogP contribution in [0.2, 0.25) is 0 Å². The van der Waals surface area contributed by atoms with Gasteiger partial charge in [-0.25, -0.2) is 0 Å². The van der Waals surface area contributed by atoms with Crippen LogP contribution in [0, 0.1) is 13.8 Å². The molecule has 0 spiro atoms. The number of anilines is 2. The number of nitrogens with one attached hydrogen (secondary N) is 2. The van der Waals surface area contributed by atoms with Crippen LogP contribution in [0.1, 0.15) is 22.7 Å². The zero-order valence-corrected chi connectivity index (χ0v) is 18.2. The van der Waals surface area contributed by atoms with Crippen LogP contribution in [-0.4, -0.2) is 5.91 Å². The topological polar surface area (TPSA) is 50.4 Å². The summed E-state index contributed by atoms with van der Waals surface area (Å²) in [6.07, 6.45) is 0. The van der Waals surface area contributed by atoms with Crippen LogP contribution in [-0.2, 0) is 4.79 Å². The van der Waals surface area contributed by atoms with Gasteiger partial charge >= 0.3 is 0 Å². The summed E-state index contributed by atoms with van der Waals surface area (Å²) < 4.78 is 5.87. The molecule has 0 aliphatic heterocycles. The van der Waals surface area contributed by atoms with Gasteiger partial charge in [0.25, 0.3) is 5.91 Å². The van der Waals surface area contributed by atoms with E-state index in [2.05, 4.69) is 10.6 Å². The fourth-order valence-electron chi connectivity index (χ4n) is 3.43. The molecule has 0 saturated carbocycles. The first-order valence-electron chi connectivity index (χ1n) is 10.6. The van der Waals surface area contributed by atoms with Crippen LogP contribution in [0.25, 0.3) is 0 Å². The molecule has 4 heteroatoms. The molecule has 0 bridgehead atoms. The number of amides is 1. The Hall–Kier alpha value is -4.05. The second-order valence-corrected chi connectivity index (χ2v) is 7.74. The van der Waals surface area contributed by atoms with E-state index in [-0.39, 0.29) is 5.91 Å². The third kappa shape index (κ3) is 5.35.